The van der Waals surface area contributed by atoms with Gasteiger partial charge in [-0.15, -0.1) is 0 Å². The SMILES string of the molecule is CC(O)CC1CCCN1CC(=O)NC(C)C1CC2CCC1C2. The molecular formula is C18H32N2O2. The molecule has 1 saturated heterocycles. The molecule has 0 radical (unpaired) electrons. The fraction of sp³-hybridized carbons (Fsp3) is 0.944. The van der Waals surface area contributed by atoms with Gasteiger partial charge < -0.3 is 10.4 Å². The summed E-state index contributed by atoms with van der Waals surface area (Å²) >= 11 is 0. The molecule has 0 spiro atoms. The highest BCUT2D eigenvalue weighted by atomic mass is 16.3. The van der Waals surface area contributed by atoms with E-state index >= 15 is 0 Å². The molecule has 2 saturated carbocycles. The minimum atomic E-state index is -0.276. The lowest BCUT2D eigenvalue weighted by molar-refractivity contribution is -0.123. The van der Waals surface area contributed by atoms with Gasteiger partial charge in [-0.25, -0.2) is 0 Å². The first kappa shape index (κ1) is 16.3. The van der Waals surface area contributed by atoms with E-state index in [0.29, 0.717) is 24.5 Å². The third-order valence-electron chi connectivity index (χ3n) is 6.28. The molecule has 3 aliphatic rings. The van der Waals surface area contributed by atoms with Gasteiger partial charge in [0.2, 0.25) is 5.91 Å². The standard InChI is InChI=1S/C18H32N2O2/c1-12(21)8-16-4-3-7-20(16)11-18(22)19-13(2)17-10-14-5-6-15(17)9-14/h12-17,21H,3-11H2,1-2H3,(H,19,22). The zero-order chi connectivity index (χ0) is 15.7. The van der Waals surface area contributed by atoms with E-state index in [1.165, 1.54) is 25.7 Å². The van der Waals surface area contributed by atoms with Crippen LogP contribution in [0.4, 0.5) is 0 Å². The highest BCUT2D eigenvalue weighted by Crippen LogP contribution is 2.49. The summed E-state index contributed by atoms with van der Waals surface area (Å²) in [5.74, 6) is 2.67. The number of carbonyl (C=O) groups is 1. The molecule has 1 heterocycles. The zero-order valence-corrected chi connectivity index (χ0v) is 14.1. The predicted octanol–water partition coefficient (Wildman–Crippen LogP) is 2.16. The maximum Gasteiger partial charge on any atom is 0.234 e. The summed E-state index contributed by atoms with van der Waals surface area (Å²) in [5.41, 5.74) is 0. The molecule has 126 valence electrons. The minimum Gasteiger partial charge on any atom is -0.393 e. The van der Waals surface area contributed by atoms with Crippen molar-refractivity contribution in [3.05, 3.63) is 0 Å². The van der Waals surface area contributed by atoms with Crippen molar-refractivity contribution in [3.8, 4) is 0 Å². The van der Waals surface area contributed by atoms with Gasteiger partial charge in [0, 0.05) is 12.1 Å². The highest BCUT2D eigenvalue weighted by molar-refractivity contribution is 5.78. The molecule has 4 heteroatoms. The molecule has 0 aromatic rings. The lowest BCUT2D eigenvalue weighted by Crippen LogP contribution is -2.46. The van der Waals surface area contributed by atoms with Crippen molar-refractivity contribution in [2.45, 2.75) is 77.0 Å². The Balaban J connectivity index is 1.45. The number of fused-ring (bicyclic) bond motifs is 2. The van der Waals surface area contributed by atoms with Crippen LogP contribution in [0.25, 0.3) is 0 Å². The normalized spacial score (nSPS) is 37.4. The molecule has 22 heavy (non-hydrogen) atoms. The lowest BCUT2D eigenvalue weighted by atomic mass is 9.84. The molecular weight excluding hydrogens is 276 g/mol. The summed E-state index contributed by atoms with van der Waals surface area (Å²) in [4.78, 5) is 14.6. The Morgan fingerprint density at radius 1 is 1.27 bits per heavy atom. The molecule has 2 aliphatic carbocycles. The Bertz CT molecular complexity index is 399. The first-order chi connectivity index (χ1) is 10.5. The summed E-state index contributed by atoms with van der Waals surface area (Å²) in [5, 5.41) is 12.9. The predicted molar refractivity (Wildman–Crippen MR) is 87.4 cm³/mol. The molecule has 0 aromatic heterocycles. The summed E-state index contributed by atoms with van der Waals surface area (Å²) in [7, 11) is 0. The topological polar surface area (TPSA) is 52.6 Å². The second kappa shape index (κ2) is 6.88. The van der Waals surface area contributed by atoms with Crippen molar-refractivity contribution in [1.82, 2.24) is 10.2 Å². The third-order valence-corrected chi connectivity index (χ3v) is 6.28. The van der Waals surface area contributed by atoms with Crippen molar-refractivity contribution < 1.29 is 9.90 Å². The van der Waals surface area contributed by atoms with E-state index in [1.54, 1.807) is 0 Å². The van der Waals surface area contributed by atoms with Crippen LogP contribution in [0.2, 0.25) is 0 Å². The molecule has 1 aliphatic heterocycles. The van der Waals surface area contributed by atoms with Crippen molar-refractivity contribution in [2.24, 2.45) is 17.8 Å². The molecule has 3 fully saturated rings. The van der Waals surface area contributed by atoms with Crippen molar-refractivity contribution >= 4 is 5.91 Å². The van der Waals surface area contributed by atoms with Gasteiger partial charge in [-0.1, -0.05) is 6.42 Å². The van der Waals surface area contributed by atoms with E-state index in [-0.39, 0.29) is 12.0 Å². The van der Waals surface area contributed by atoms with Crippen LogP contribution in [-0.2, 0) is 4.79 Å². The fourth-order valence-electron chi connectivity index (χ4n) is 5.26. The number of aliphatic hydroxyl groups is 1. The number of nitrogens with zero attached hydrogens (tertiary/aromatic N) is 1. The van der Waals surface area contributed by atoms with Gasteiger partial charge in [0.1, 0.15) is 0 Å². The van der Waals surface area contributed by atoms with Crippen LogP contribution in [0.15, 0.2) is 0 Å². The molecule has 0 aromatic carbocycles. The van der Waals surface area contributed by atoms with Crippen LogP contribution in [0.1, 0.15) is 58.8 Å². The number of carbonyl (C=O) groups excluding carboxylic acids is 1. The van der Waals surface area contributed by atoms with Crippen LogP contribution in [0, 0.1) is 17.8 Å². The Morgan fingerprint density at radius 3 is 2.73 bits per heavy atom. The summed E-state index contributed by atoms with van der Waals surface area (Å²) < 4.78 is 0. The van der Waals surface area contributed by atoms with Crippen LogP contribution in [0.5, 0.6) is 0 Å². The van der Waals surface area contributed by atoms with E-state index in [9.17, 15) is 9.90 Å². The third kappa shape index (κ3) is 3.65. The number of aliphatic hydroxyl groups excluding tert-OH is 1. The quantitative estimate of drug-likeness (QED) is 0.790. The zero-order valence-electron chi connectivity index (χ0n) is 14.1. The molecule has 6 unspecified atom stereocenters. The molecule has 2 bridgehead atoms. The molecule has 6 atom stereocenters. The molecule has 1 amide bonds. The monoisotopic (exact) mass is 308 g/mol. The maximum absolute atomic E-state index is 12.4. The second-order valence-electron chi connectivity index (χ2n) is 8.05. The Morgan fingerprint density at radius 2 is 2.09 bits per heavy atom. The van der Waals surface area contributed by atoms with Crippen LogP contribution >= 0.6 is 0 Å². The van der Waals surface area contributed by atoms with Gasteiger partial charge in [0.25, 0.3) is 0 Å². The van der Waals surface area contributed by atoms with E-state index in [1.807, 2.05) is 6.92 Å². The number of nitrogens with one attached hydrogen (secondary N) is 1. The van der Waals surface area contributed by atoms with Gasteiger partial charge in [-0.3, -0.25) is 9.69 Å². The summed E-state index contributed by atoms with van der Waals surface area (Å²) in [6, 6.07) is 0.698. The molecule has 3 rings (SSSR count). The van der Waals surface area contributed by atoms with E-state index < -0.39 is 0 Å². The van der Waals surface area contributed by atoms with E-state index in [2.05, 4.69) is 17.1 Å². The summed E-state index contributed by atoms with van der Waals surface area (Å²) in [6.45, 7) is 5.53. The first-order valence-corrected chi connectivity index (χ1v) is 9.24. The number of amides is 1. The average molecular weight is 308 g/mol. The number of hydrogen-bond acceptors (Lipinski definition) is 3. The summed E-state index contributed by atoms with van der Waals surface area (Å²) in [6.07, 6.45) is 8.27. The molecule has 4 nitrogen and oxygen atoms in total. The number of rotatable bonds is 6. The molecule has 2 N–H and O–H groups in total. The smallest absolute Gasteiger partial charge is 0.234 e. The Kier molecular flexibility index (Phi) is 5.08. The van der Waals surface area contributed by atoms with Gasteiger partial charge in [-0.05, 0) is 76.7 Å². The second-order valence-corrected chi connectivity index (χ2v) is 8.05. The fourth-order valence-corrected chi connectivity index (χ4v) is 5.26. The Hall–Kier alpha value is -0.610. The van der Waals surface area contributed by atoms with Crippen molar-refractivity contribution in [1.29, 1.82) is 0 Å². The first-order valence-electron chi connectivity index (χ1n) is 9.24. The number of hydrogen-bond donors (Lipinski definition) is 2. The van der Waals surface area contributed by atoms with Crippen molar-refractivity contribution in [3.63, 3.8) is 0 Å². The van der Waals surface area contributed by atoms with Gasteiger partial charge >= 0.3 is 0 Å². The van der Waals surface area contributed by atoms with Crippen LogP contribution in [0.3, 0.4) is 0 Å². The largest absolute Gasteiger partial charge is 0.393 e. The highest BCUT2D eigenvalue weighted by Gasteiger charge is 2.42. The minimum absolute atomic E-state index is 0.174. The average Bonchev–Trinajstić information content (AvgIpc) is 3.15. The van der Waals surface area contributed by atoms with Crippen LogP contribution in [-0.4, -0.2) is 47.2 Å². The van der Waals surface area contributed by atoms with Gasteiger partial charge in [0.15, 0.2) is 0 Å². The van der Waals surface area contributed by atoms with E-state index in [4.69, 9.17) is 0 Å². The van der Waals surface area contributed by atoms with E-state index in [0.717, 1.165) is 37.6 Å². The Labute approximate surface area is 134 Å². The van der Waals surface area contributed by atoms with Gasteiger partial charge in [-0.2, -0.15) is 0 Å². The van der Waals surface area contributed by atoms with Crippen LogP contribution < -0.4 is 5.32 Å². The number of likely N-dealkylation sites (tertiary alicyclic amines) is 1. The maximum atomic E-state index is 12.4. The van der Waals surface area contributed by atoms with Gasteiger partial charge in [0.05, 0.1) is 12.6 Å². The lowest BCUT2D eigenvalue weighted by Gasteiger charge is -2.30. The van der Waals surface area contributed by atoms with Crippen molar-refractivity contribution in [2.75, 3.05) is 13.1 Å².